The van der Waals surface area contributed by atoms with E-state index in [0.717, 1.165) is 52.8 Å². The van der Waals surface area contributed by atoms with Crippen LogP contribution >= 0.6 is 0 Å². The van der Waals surface area contributed by atoms with E-state index >= 15 is 0 Å². The molecule has 4 heteroatoms. The molecule has 3 aromatic rings. The Morgan fingerprint density at radius 2 is 1.96 bits per heavy atom. The third kappa shape index (κ3) is 2.30. The minimum absolute atomic E-state index is 0.0983. The summed E-state index contributed by atoms with van der Waals surface area (Å²) >= 11 is 0. The van der Waals surface area contributed by atoms with Gasteiger partial charge < -0.3 is 16.0 Å². The summed E-state index contributed by atoms with van der Waals surface area (Å²) < 4.78 is 0. The van der Waals surface area contributed by atoms with Crippen LogP contribution in [0.25, 0.3) is 16.5 Å². The van der Waals surface area contributed by atoms with E-state index in [4.69, 9.17) is 5.73 Å². The monoisotopic (exact) mass is 357 g/mol. The number of aromatic amines is 1. The van der Waals surface area contributed by atoms with Gasteiger partial charge in [-0.15, -0.1) is 0 Å². The van der Waals surface area contributed by atoms with Crippen LogP contribution in [0.15, 0.2) is 42.5 Å². The summed E-state index contributed by atoms with van der Waals surface area (Å²) in [5.41, 5.74) is 13.6. The maximum absolute atomic E-state index is 13.4. The molecular formula is C23H23N3O. The number of fused-ring (bicyclic) bond motifs is 4. The Labute approximate surface area is 158 Å². The second kappa shape index (κ2) is 5.57. The van der Waals surface area contributed by atoms with E-state index in [1.165, 1.54) is 11.1 Å². The molecule has 1 aliphatic carbocycles. The number of rotatable bonds is 1. The van der Waals surface area contributed by atoms with Crippen molar-refractivity contribution in [3.05, 3.63) is 70.4 Å². The lowest BCUT2D eigenvalue weighted by Crippen LogP contribution is -2.30. The fourth-order valence-corrected chi connectivity index (χ4v) is 4.53. The number of nitrogens with one attached hydrogen (secondary N) is 2. The number of nitrogen functional groups attached to an aromatic ring is 1. The van der Waals surface area contributed by atoms with Gasteiger partial charge in [0.15, 0.2) is 5.78 Å². The summed E-state index contributed by atoms with van der Waals surface area (Å²) in [5, 5.41) is 4.31. The summed E-state index contributed by atoms with van der Waals surface area (Å²) in [4.78, 5) is 16.9. The van der Waals surface area contributed by atoms with Crippen molar-refractivity contribution in [1.82, 2.24) is 10.3 Å². The second-order valence-electron chi connectivity index (χ2n) is 8.08. The maximum atomic E-state index is 13.4. The topological polar surface area (TPSA) is 70.9 Å². The molecule has 0 bridgehead atoms. The average molecular weight is 357 g/mol. The molecule has 2 heterocycles. The van der Waals surface area contributed by atoms with Crippen LogP contribution < -0.4 is 11.1 Å². The third-order valence-corrected chi connectivity index (χ3v) is 6.05. The van der Waals surface area contributed by atoms with Crippen LogP contribution in [-0.4, -0.2) is 23.9 Å². The van der Waals surface area contributed by atoms with Crippen LogP contribution in [0.4, 0.5) is 5.69 Å². The highest BCUT2D eigenvalue weighted by Crippen LogP contribution is 2.44. The number of carbonyl (C=O) groups excluding carboxylic acids is 1. The van der Waals surface area contributed by atoms with Crippen molar-refractivity contribution in [1.29, 1.82) is 0 Å². The third-order valence-electron chi connectivity index (χ3n) is 6.05. The van der Waals surface area contributed by atoms with E-state index in [2.05, 4.69) is 42.4 Å². The van der Waals surface area contributed by atoms with Gasteiger partial charge in [0.2, 0.25) is 0 Å². The molecule has 27 heavy (non-hydrogen) atoms. The number of nitrogens with two attached hydrogens (primary N) is 1. The molecule has 0 amide bonds. The summed E-state index contributed by atoms with van der Waals surface area (Å²) in [6.07, 6.45) is 3.27. The Bertz CT molecular complexity index is 1130. The first-order valence-corrected chi connectivity index (χ1v) is 9.48. The molecule has 2 aromatic carbocycles. The molecule has 0 radical (unpaired) electrons. The molecule has 136 valence electrons. The predicted octanol–water partition coefficient (Wildman–Crippen LogP) is 4.00. The van der Waals surface area contributed by atoms with Gasteiger partial charge in [-0.3, -0.25) is 4.79 Å². The van der Waals surface area contributed by atoms with E-state index < -0.39 is 0 Å². The first kappa shape index (κ1) is 16.3. The SMILES string of the molecule is CC1(C)c2cc(C3=CCNCC3)ccc2C(=O)c2c1[nH]c1cc(N)ccc21. The first-order chi connectivity index (χ1) is 13.0. The first-order valence-electron chi connectivity index (χ1n) is 9.48. The fourth-order valence-electron chi connectivity index (χ4n) is 4.53. The van der Waals surface area contributed by atoms with Crippen LogP contribution in [0.2, 0.25) is 0 Å². The van der Waals surface area contributed by atoms with E-state index in [0.29, 0.717) is 5.69 Å². The van der Waals surface area contributed by atoms with Crippen LogP contribution in [0.1, 0.15) is 53.0 Å². The van der Waals surface area contributed by atoms with Crippen molar-refractivity contribution in [3.8, 4) is 0 Å². The minimum atomic E-state index is -0.282. The Hall–Kier alpha value is -2.85. The molecule has 1 aromatic heterocycles. The highest BCUT2D eigenvalue weighted by atomic mass is 16.1. The largest absolute Gasteiger partial charge is 0.399 e. The minimum Gasteiger partial charge on any atom is -0.399 e. The van der Waals surface area contributed by atoms with Crippen molar-refractivity contribution in [2.24, 2.45) is 0 Å². The molecular weight excluding hydrogens is 334 g/mol. The van der Waals surface area contributed by atoms with Crippen molar-refractivity contribution < 1.29 is 4.79 Å². The Balaban J connectivity index is 1.73. The summed E-state index contributed by atoms with van der Waals surface area (Å²) in [6, 6.07) is 12.0. The standard InChI is InChI=1S/C23H23N3O/c1-23(2)18-11-14(13-7-9-25-10-8-13)3-5-16(18)21(27)20-17-6-4-15(24)12-19(17)26-22(20)23/h3-7,11-12,25-26H,8-10,24H2,1-2H3. The molecule has 4 nitrogen and oxygen atoms in total. The lowest BCUT2D eigenvalue weighted by Gasteiger charge is -2.32. The summed E-state index contributed by atoms with van der Waals surface area (Å²) in [6.45, 7) is 6.29. The Morgan fingerprint density at radius 1 is 1.11 bits per heavy atom. The number of hydrogen-bond acceptors (Lipinski definition) is 3. The Kier molecular flexibility index (Phi) is 3.37. The van der Waals surface area contributed by atoms with Crippen molar-refractivity contribution >= 4 is 27.9 Å². The van der Waals surface area contributed by atoms with Crippen molar-refractivity contribution in [2.75, 3.05) is 18.8 Å². The highest BCUT2D eigenvalue weighted by Gasteiger charge is 2.39. The highest BCUT2D eigenvalue weighted by molar-refractivity contribution is 6.20. The zero-order valence-electron chi connectivity index (χ0n) is 15.6. The van der Waals surface area contributed by atoms with Gasteiger partial charge in [0.1, 0.15) is 0 Å². The number of carbonyl (C=O) groups is 1. The van der Waals surface area contributed by atoms with Gasteiger partial charge in [-0.1, -0.05) is 38.1 Å². The van der Waals surface area contributed by atoms with Crippen LogP contribution in [-0.2, 0) is 5.41 Å². The number of benzene rings is 2. The number of aromatic nitrogens is 1. The molecule has 0 atom stereocenters. The van der Waals surface area contributed by atoms with Gasteiger partial charge >= 0.3 is 0 Å². The van der Waals surface area contributed by atoms with Crippen molar-refractivity contribution in [3.63, 3.8) is 0 Å². The lowest BCUT2D eigenvalue weighted by molar-refractivity contribution is 0.103. The van der Waals surface area contributed by atoms with E-state index in [9.17, 15) is 4.79 Å². The normalized spacial score (nSPS) is 18.1. The average Bonchev–Trinajstić information content (AvgIpc) is 3.06. The number of H-pyrrole nitrogens is 1. The number of ketones is 1. The molecule has 4 N–H and O–H groups in total. The number of hydrogen-bond donors (Lipinski definition) is 3. The van der Waals surface area contributed by atoms with Gasteiger partial charge in [-0.05, 0) is 47.9 Å². The smallest absolute Gasteiger partial charge is 0.195 e. The van der Waals surface area contributed by atoms with Gasteiger partial charge in [0, 0.05) is 39.8 Å². The van der Waals surface area contributed by atoms with Gasteiger partial charge in [-0.25, -0.2) is 0 Å². The van der Waals surface area contributed by atoms with Crippen LogP contribution in [0.5, 0.6) is 0 Å². The number of anilines is 1. The van der Waals surface area contributed by atoms with Crippen molar-refractivity contribution in [2.45, 2.75) is 25.7 Å². The predicted molar refractivity (Wildman–Crippen MR) is 110 cm³/mol. The molecule has 0 saturated carbocycles. The molecule has 1 aliphatic heterocycles. The van der Waals surface area contributed by atoms with E-state index in [1.807, 2.05) is 24.3 Å². The quantitative estimate of drug-likeness (QED) is 0.577. The molecule has 0 spiro atoms. The second-order valence-corrected chi connectivity index (χ2v) is 8.08. The summed E-state index contributed by atoms with van der Waals surface area (Å²) in [5.74, 6) is 0.0983. The molecule has 5 rings (SSSR count). The van der Waals surface area contributed by atoms with E-state index in [-0.39, 0.29) is 11.2 Å². The van der Waals surface area contributed by atoms with Gasteiger partial charge in [-0.2, -0.15) is 0 Å². The fraction of sp³-hybridized carbons (Fsp3) is 0.261. The van der Waals surface area contributed by atoms with Crippen LogP contribution in [0.3, 0.4) is 0 Å². The van der Waals surface area contributed by atoms with E-state index in [1.54, 1.807) is 0 Å². The zero-order valence-corrected chi connectivity index (χ0v) is 15.6. The lowest BCUT2D eigenvalue weighted by atomic mass is 9.70. The van der Waals surface area contributed by atoms with Gasteiger partial charge in [0.05, 0.1) is 5.56 Å². The molecule has 0 saturated heterocycles. The van der Waals surface area contributed by atoms with Crippen LogP contribution in [0, 0.1) is 0 Å². The maximum Gasteiger partial charge on any atom is 0.195 e. The zero-order chi connectivity index (χ0) is 18.8. The molecule has 0 fully saturated rings. The Morgan fingerprint density at radius 3 is 2.74 bits per heavy atom. The van der Waals surface area contributed by atoms with Gasteiger partial charge in [0.25, 0.3) is 0 Å². The molecule has 0 unspecified atom stereocenters. The molecule has 2 aliphatic rings. The summed E-state index contributed by atoms with van der Waals surface area (Å²) in [7, 11) is 0.